The number of benzene rings is 1. The highest BCUT2D eigenvalue weighted by atomic mass is 35.5. The number of carbonyl (C=O) groups excluding carboxylic acids is 2. The molecular weight excluding hydrogens is 473 g/mol. The number of halogens is 2. The predicted molar refractivity (Wildman–Crippen MR) is 123 cm³/mol. The van der Waals surface area contributed by atoms with E-state index in [-0.39, 0.29) is 5.91 Å². The number of imide groups is 1. The van der Waals surface area contributed by atoms with Crippen LogP contribution in [0.1, 0.15) is 11.1 Å². The maximum Gasteiger partial charge on any atom is 0.329 e. The Morgan fingerprint density at radius 3 is 2.91 bits per heavy atom. The van der Waals surface area contributed by atoms with Crippen LogP contribution in [0.3, 0.4) is 0 Å². The number of urea groups is 1. The summed E-state index contributed by atoms with van der Waals surface area (Å²) in [5, 5.41) is 8.35. The minimum atomic E-state index is -0.532. The molecule has 3 aromatic rings. The number of pyridine rings is 1. The summed E-state index contributed by atoms with van der Waals surface area (Å²) in [6, 6.07) is 0.711. The van der Waals surface area contributed by atoms with E-state index >= 15 is 0 Å². The van der Waals surface area contributed by atoms with Crippen molar-refractivity contribution >= 4 is 68.4 Å². The van der Waals surface area contributed by atoms with Crippen molar-refractivity contribution in [3.8, 4) is 5.75 Å². The number of aryl methyl sites for hydroxylation is 1. The van der Waals surface area contributed by atoms with E-state index < -0.39 is 17.3 Å². The summed E-state index contributed by atoms with van der Waals surface area (Å²) >= 11 is 14.2. The molecule has 1 aromatic carbocycles. The van der Waals surface area contributed by atoms with Crippen molar-refractivity contribution in [2.75, 3.05) is 11.5 Å². The molecule has 8 nitrogen and oxygen atoms in total. The number of ether oxygens (including phenoxy) is 1. The van der Waals surface area contributed by atoms with Crippen LogP contribution in [-0.4, -0.2) is 44.6 Å². The van der Waals surface area contributed by atoms with E-state index in [0.717, 1.165) is 26.3 Å². The Kier molecular flexibility index (Phi) is 4.43. The first-order valence-corrected chi connectivity index (χ1v) is 11.5. The second-order valence-electron chi connectivity index (χ2n) is 7.70. The molecule has 5 heterocycles. The van der Waals surface area contributed by atoms with E-state index in [0.29, 0.717) is 40.0 Å². The largest absolute Gasteiger partial charge is 0.491 e. The van der Waals surface area contributed by atoms with E-state index in [9.17, 15) is 9.59 Å². The quantitative estimate of drug-likeness (QED) is 0.591. The fraction of sp³-hybridized carbons (Fsp3) is 0.238. The third kappa shape index (κ3) is 2.78. The topological polar surface area (TPSA) is 89.3 Å². The highest BCUT2D eigenvalue weighted by Crippen LogP contribution is 2.50. The van der Waals surface area contributed by atoms with Gasteiger partial charge in [0.2, 0.25) is 0 Å². The molecule has 3 aliphatic heterocycles. The maximum atomic E-state index is 13.5. The molecule has 6 rings (SSSR count). The molecule has 2 aromatic heterocycles. The van der Waals surface area contributed by atoms with Crippen LogP contribution in [0.2, 0.25) is 10.0 Å². The summed E-state index contributed by atoms with van der Waals surface area (Å²) in [6.07, 6.45) is 7.38. The third-order valence-electron chi connectivity index (χ3n) is 5.86. The van der Waals surface area contributed by atoms with Gasteiger partial charge in [0.1, 0.15) is 11.0 Å². The van der Waals surface area contributed by atoms with E-state index in [4.69, 9.17) is 27.9 Å². The van der Waals surface area contributed by atoms with Crippen molar-refractivity contribution in [1.82, 2.24) is 20.1 Å². The zero-order chi connectivity index (χ0) is 22.1. The fourth-order valence-corrected chi connectivity index (χ4v) is 6.53. The SMILES string of the molecule is Cn1ncc2cncc(N3C(=O)NC4C=C(c5c(Cl)cc(Cl)c6c5CCO6)SC4C3=O)c21. The Balaban J connectivity index is 1.39. The molecule has 0 saturated carbocycles. The van der Waals surface area contributed by atoms with Gasteiger partial charge in [-0.3, -0.25) is 14.5 Å². The zero-order valence-electron chi connectivity index (χ0n) is 16.6. The summed E-state index contributed by atoms with van der Waals surface area (Å²) in [5.41, 5.74) is 2.80. The molecule has 162 valence electrons. The molecule has 2 atom stereocenters. The van der Waals surface area contributed by atoms with Gasteiger partial charge in [0.25, 0.3) is 5.91 Å². The van der Waals surface area contributed by atoms with Crippen LogP contribution in [0.4, 0.5) is 10.5 Å². The molecule has 0 radical (unpaired) electrons. The van der Waals surface area contributed by atoms with E-state index in [1.807, 2.05) is 6.08 Å². The van der Waals surface area contributed by atoms with Gasteiger partial charge in [-0.2, -0.15) is 5.10 Å². The first-order valence-electron chi connectivity index (χ1n) is 9.86. The summed E-state index contributed by atoms with van der Waals surface area (Å²) < 4.78 is 7.30. The van der Waals surface area contributed by atoms with Crippen molar-refractivity contribution in [2.45, 2.75) is 17.7 Å². The molecule has 0 spiro atoms. The van der Waals surface area contributed by atoms with Gasteiger partial charge in [0.05, 0.1) is 46.3 Å². The van der Waals surface area contributed by atoms with Crippen molar-refractivity contribution in [1.29, 1.82) is 0 Å². The van der Waals surface area contributed by atoms with E-state index in [2.05, 4.69) is 15.4 Å². The minimum Gasteiger partial charge on any atom is -0.491 e. The number of hydrogen-bond donors (Lipinski definition) is 1. The third-order valence-corrected chi connectivity index (χ3v) is 7.78. The highest BCUT2D eigenvalue weighted by Gasteiger charge is 2.46. The van der Waals surface area contributed by atoms with Gasteiger partial charge in [-0.1, -0.05) is 23.2 Å². The molecule has 3 amide bonds. The average Bonchev–Trinajstić information content (AvgIpc) is 3.48. The van der Waals surface area contributed by atoms with Crippen molar-refractivity contribution in [3.63, 3.8) is 0 Å². The standard InChI is InChI=1S/C21H15Cl2N5O3S/c1-27-17-9(7-25-27)6-24-8-14(17)28-20(29)19-13(26-21(28)30)5-15(32-19)16-10-2-3-31-18(10)12(23)4-11(16)22/h4-8,13,19H,2-3H2,1H3,(H,26,30). The summed E-state index contributed by atoms with van der Waals surface area (Å²) in [7, 11) is 1.76. The minimum absolute atomic E-state index is 0.316. The maximum absolute atomic E-state index is 13.5. The lowest BCUT2D eigenvalue weighted by Crippen LogP contribution is -2.60. The smallest absolute Gasteiger partial charge is 0.329 e. The van der Waals surface area contributed by atoms with Crippen molar-refractivity contribution < 1.29 is 14.3 Å². The Hall–Kier alpha value is -2.75. The Morgan fingerprint density at radius 1 is 1.22 bits per heavy atom. The first kappa shape index (κ1) is 19.9. The lowest BCUT2D eigenvalue weighted by atomic mass is 10.0. The van der Waals surface area contributed by atoms with Gasteiger partial charge in [-0.05, 0) is 12.1 Å². The molecular formula is C21H15Cl2N5O3S. The molecule has 0 bridgehead atoms. The lowest BCUT2D eigenvalue weighted by molar-refractivity contribution is -0.118. The van der Waals surface area contributed by atoms with Crippen LogP contribution in [0, 0.1) is 0 Å². The van der Waals surface area contributed by atoms with Crippen LogP contribution in [0.25, 0.3) is 15.8 Å². The number of rotatable bonds is 2. The Morgan fingerprint density at radius 2 is 2.06 bits per heavy atom. The zero-order valence-corrected chi connectivity index (χ0v) is 19.0. The summed E-state index contributed by atoms with van der Waals surface area (Å²) in [5.74, 6) is 0.317. The number of aromatic nitrogens is 3. The second-order valence-corrected chi connectivity index (χ2v) is 9.70. The van der Waals surface area contributed by atoms with E-state index in [1.54, 1.807) is 30.2 Å². The van der Waals surface area contributed by atoms with Crippen LogP contribution >= 0.6 is 35.0 Å². The summed E-state index contributed by atoms with van der Waals surface area (Å²) in [6.45, 7) is 0.526. The number of thioether (sulfide) groups is 1. The average molecular weight is 488 g/mol. The molecule has 1 fully saturated rings. The van der Waals surface area contributed by atoms with Gasteiger partial charge in [-0.15, -0.1) is 11.8 Å². The fourth-order valence-electron chi connectivity index (χ4n) is 4.47. The van der Waals surface area contributed by atoms with Crippen LogP contribution < -0.4 is 15.0 Å². The molecule has 3 aliphatic rings. The molecule has 0 aliphatic carbocycles. The monoisotopic (exact) mass is 487 g/mol. The number of nitrogens with zero attached hydrogens (tertiary/aromatic N) is 4. The van der Waals surface area contributed by atoms with Gasteiger partial charge in [0.15, 0.2) is 0 Å². The number of fused-ring (bicyclic) bond motifs is 3. The first-order chi connectivity index (χ1) is 15.4. The number of hydrogen-bond acceptors (Lipinski definition) is 6. The van der Waals surface area contributed by atoms with Gasteiger partial charge in [-0.25, -0.2) is 9.69 Å². The van der Waals surface area contributed by atoms with Gasteiger partial charge in [0, 0.05) is 41.1 Å². The second kappa shape index (κ2) is 7.13. The Labute approximate surface area is 196 Å². The molecule has 1 N–H and O–H groups in total. The lowest BCUT2D eigenvalue weighted by Gasteiger charge is -2.33. The number of anilines is 1. The van der Waals surface area contributed by atoms with Crippen molar-refractivity contribution in [2.24, 2.45) is 7.05 Å². The molecule has 11 heteroatoms. The highest BCUT2D eigenvalue weighted by molar-refractivity contribution is 8.09. The molecule has 32 heavy (non-hydrogen) atoms. The van der Waals surface area contributed by atoms with Gasteiger partial charge < -0.3 is 10.1 Å². The van der Waals surface area contributed by atoms with Crippen LogP contribution in [-0.2, 0) is 18.3 Å². The van der Waals surface area contributed by atoms with Gasteiger partial charge >= 0.3 is 6.03 Å². The van der Waals surface area contributed by atoms with Crippen LogP contribution in [0.5, 0.6) is 5.75 Å². The normalized spacial score (nSPS) is 22.0. The van der Waals surface area contributed by atoms with Crippen molar-refractivity contribution in [3.05, 3.63) is 51.9 Å². The predicted octanol–water partition coefficient (Wildman–Crippen LogP) is 3.79. The summed E-state index contributed by atoms with van der Waals surface area (Å²) in [4.78, 5) is 32.7. The van der Waals surface area contributed by atoms with E-state index in [1.165, 1.54) is 18.0 Å². The number of amides is 3. The molecule has 2 unspecified atom stereocenters. The number of carbonyl (C=O) groups is 2. The Bertz CT molecular complexity index is 1370. The van der Waals surface area contributed by atoms with Crippen LogP contribution in [0.15, 0.2) is 30.7 Å². The number of nitrogens with one attached hydrogen (secondary N) is 1. The molecule has 1 saturated heterocycles.